The summed E-state index contributed by atoms with van der Waals surface area (Å²) in [6, 6.07) is 16.1. The maximum Gasteiger partial charge on any atom is 0.0305 e. The first-order valence-corrected chi connectivity index (χ1v) is 9.00. The number of halogens is 2. The summed E-state index contributed by atoms with van der Waals surface area (Å²) in [5, 5.41) is 3.79. The number of hydrogen-bond donors (Lipinski definition) is 1. The monoisotopic (exact) mass is 407 g/mol. The molecule has 3 heteroatoms. The van der Waals surface area contributed by atoms with Gasteiger partial charge in [0.2, 0.25) is 0 Å². The number of nitrogens with one attached hydrogen (secondary N) is 1. The highest BCUT2D eigenvalue weighted by Crippen LogP contribution is 2.28. The van der Waals surface area contributed by atoms with Crippen LogP contribution in [0.1, 0.15) is 36.1 Å². The molecule has 0 amide bonds. The van der Waals surface area contributed by atoms with E-state index in [0.717, 1.165) is 15.4 Å². The smallest absolute Gasteiger partial charge is 0.0305 e. The van der Waals surface area contributed by atoms with Crippen LogP contribution in [0.25, 0.3) is 0 Å². The fraction of sp³-hybridized carbons (Fsp3) is 0.333. The van der Waals surface area contributed by atoms with Crippen molar-refractivity contribution in [2.75, 3.05) is 0 Å². The van der Waals surface area contributed by atoms with E-state index in [1.54, 1.807) is 0 Å². The standard InChI is InChI=1S/C18H19Br2N/c1-12(17-9-7-15(19)11-18(17)20)21-16-8-6-13-4-2-3-5-14(13)10-16/h2-5,7,9,11-12,16,21H,6,8,10H2,1H3. The van der Waals surface area contributed by atoms with Crippen molar-refractivity contribution < 1.29 is 0 Å². The van der Waals surface area contributed by atoms with Gasteiger partial charge in [-0.1, -0.05) is 62.2 Å². The lowest BCUT2D eigenvalue weighted by Crippen LogP contribution is -2.36. The van der Waals surface area contributed by atoms with Crippen LogP contribution in [0.2, 0.25) is 0 Å². The van der Waals surface area contributed by atoms with E-state index in [2.05, 4.69) is 86.6 Å². The average molecular weight is 409 g/mol. The summed E-state index contributed by atoms with van der Waals surface area (Å²) in [5.41, 5.74) is 4.34. The van der Waals surface area contributed by atoms with Crippen molar-refractivity contribution in [3.05, 3.63) is 68.1 Å². The molecule has 2 atom stereocenters. The minimum absolute atomic E-state index is 0.350. The fourth-order valence-electron chi connectivity index (χ4n) is 3.14. The highest BCUT2D eigenvalue weighted by atomic mass is 79.9. The largest absolute Gasteiger partial charge is 0.307 e. The molecule has 1 aliphatic carbocycles. The second-order valence-corrected chi connectivity index (χ2v) is 7.53. The summed E-state index contributed by atoms with van der Waals surface area (Å²) in [5.74, 6) is 0. The zero-order chi connectivity index (χ0) is 14.8. The van der Waals surface area contributed by atoms with E-state index in [1.165, 1.54) is 29.5 Å². The van der Waals surface area contributed by atoms with Crippen LogP contribution in [-0.4, -0.2) is 6.04 Å². The van der Waals surface area contributed by atoms with Gasteiger partial charge in [-0.25, -0.2) is 0 Å². The topological polar surface area (TPSA) is 12.0 Å². The Bertz CT molecular complexity index is 639. The van der Waals surface area contributed by atoms with E-state index < -0.39 is 0 Å². The molecule has 0 bridgehead atoms. The molecule has 0 saturated heterocycles. The van der Waals surface area contributed by atoms with Crippen LogP contribution in [0.15, 0.2) is 51.4 Å². The maximum absolute atomic E-state index is 3.79. The van der Waals surface area contributed by atoms with Crippen molar-refractivity contribution >= 4 is 31.9 Å². The van der Waals surface area contributed by atoms with E-state index in [4.69, 9.17) is 0 Å². The minimum Gasteiger partial charge on any atom is -0.307 e. The van der Waals surface area contributed by atoms with Gasteiger partial charge in [-0.15, -0.1) is 0 Å². The minimum atomic E-state index is 0.350. The molecule has 21 heavy (non-hydrogen) atoms. The molecule has 0 aromatic heterocycles. The molecule has 2 aromatic rings. The van der Waals surface area contributed by atoms with Crippen molar-refractivity contribution in [2.24, 2.45) is 0 Å². The Kier molecular flexibility index (Phi) is 4.82. The van der Waals surface area contributed by atoms with Gasteiger partial charge in [0, 0.05) is 21.0 Å². The third kappa shape index (κ3) is 3.58. The van der Waals surface area contributed by atoms with Crippen LogP contribution in [0.5, 0.6) is 0 Å². The molecular formula is C18H19Br2N. The molecule has 0 heterocycles. The molecule has 2 aromatic carbocycles. The Balaban J connectivity index is 1.70. The molecule has 0 radical (unpaired) electrons. The number of fused-ring (bicyclic) bond motifs is 1. The summed E-state index contributed by atoms with van der Waals surface area (Å²) >= 11 is 7.18. The molecule has 1 nitrogen and oxygen atoms in total. The Morgan fingerprint density at radius 3 is 2.62 bits per heavy atom. The summed E-state index contributed by atoms with van der Waals surface area (Å²) in [7, 11) is 0. The zero-order valence-corrected chi connectivity index (χ0v) is 15.2. The van der Waals surface area contributed by atoms with Gasteiger partial charge in [-0.05, 0) is 55.0 Å². The lowest BCUT2D eigenvalue weighted by molar-refractivity contribution is 0.413. The molecule has 2 unspecified atom stereocenters. The lowest BCUT2D eigenvalue weighted by atomic mass is 9.88. The van der Waals surface area contributed by atoms with Crippen molar-refractivity contribution in [1.29, 1.82) is 0 Å². The van der Waals surface area contributed by atoms with Crippen LogP contribution in [-0.2, 0) is 12.8 Å². The van der Waals surface area contributed by atoms with Gasteiger partial charge in [0.25, 0.3) is 0 Å². The van der Waals surface area contributed by atoms with Gasteiger partial charge in [0.15, 0.2) is 0 Å². The number of rotatable bonds is 3. The molecule has 0 aliphatic heterocycles. The maximum atomic E-state index is 3.79. The predicted molar refractivity (Wildman–Crippen MR) is 95.6 cm³/mol. The molecule has 0 fully saturated rings. The van der Waals surface area contributed by atoms with Gasteiger partial charge in [-0.3, -0.25) is 0 Å². The highest BCUT2D eigenvalue weighted by Gasteiger charge is 2.20. The van der Waals surface area contributed by atoms with E-state index >= 15 is 0 Å². The summed E-state index contributed by atoms with van der Waals surface area (Å²) < 4.78 is 2.27. The summed E-state index contributed by atoms with van der Waals surface area (Å²) in [6.07, 6.45) is 3.53. The quantitative estimate of drug-likeness (QED) is 0.714. The van der Waals surface area contributed by atoms with E-state index in [9.17, 15) is 0 Å². The Morgan fingerprint density at radius 2 is 1.86 bits per heavy atom. The lowest BCUT2D eigenvalue weighted by Gasteiger charge is -2.29. The third-order valence-electron chi connectivity index (χ3n) is 4.26. The summed E-state index contributed by atoms with van der Waals surface area (Å²) in [4.78, 5) is 0. The Labute approximate surface area is 143 Å². The van der Waals surface area contributed by atoms with Gasteiger partial charge < -0.3 is 5.32 Å². The van der Waals surface area contributed by atoms with Crippen molar-refractivity contribution in [1.82, 2.24) is 5.32 Å². The molecular weight excluding hydrogens is 390 g/mol. The van der Waals surface area contributed by atoms with Crippen molar-refractivity contribution in [3.8, 4) is 0 Å². The van der Waals surface area contributed by atoms with Crippen molar-refractivity contribution in [3.63, 3.8) is 0 Å². The first-order valence-electron chi connectivity index (χ1n) is 7.41. The van der Waals surface area contributed by atoms with Crippen molar-refractivity contribution in [2.45, 2.75) is 38.3 Å². The van der Waals surface area contributed by atoms with Crippen LogP contribution in [0, 0.1) is 0 Å². The van der Waals surface area contributed by atoms with E-state index in [0.29, 0.717) is 12.1 Å². The molecule has 3 rings (SSSR count). The van der Waals surface area contributed by atoms with Gasteiger partial charge in [0.05, 0.1) is 0 Å². The van der Waals surface area contributed by atoms with Crippen LogP contribution in [0.3, 0.4) is 0 Å². The SMILES string of the molecule is CC(NC1CCc2ccccc2C1)c1ccc(Br)cc1Br. The van der Waals surface area contributed by atoms with Gasteiger partial charge in [0.1, 0.15) is 0 Å². The molecule has 0 spiro atoms. The Morgan fingerprint density at radius 1 is 1.10 bits per heavy atom. The predicted octanol–water partition coefficient (Wildman–Crippen LogP) is 5.42. The van der Waals surface area contributed by atoms with Crippen LogP contribution >= 0.6 is 31.9 Å². The highest BCUT2D eigenvalue weighted by molar-refractivity contribution is 9.11. The number of aryl methyl sites for hydroxylation is 1. The van der Waals surface area contributed by atoms with Crippen LogP contribution in [0.4, 0.5) is 0 Å². The molecule has 110 valence electrons. The van der Waals surface area contributed by atoms with E-state index in [-0.39, 0.29) is 0 Å². The zero-order valence-electron chi connectivity index (χ0n) is 12.1. The van der Waals surface area contributed by atoms with Gasteiger partial charge >= 0.3 is 0 Å². The van der Waals surface area contributed by atoms with Crippen LogP contribution < -0.4 is 5.32 Å². The number of hydrogen-bond acceptors (Lipinski definition) is 1. The normalized spacial score (nSPS) is 19.1. The molecule has 0 saturated carbocycles. The third-order valence-corrected chi connectivity index (χ3v) is 5.44. The first kappa shape index (κ1) is 15.3. The van der Waals surface area contributed by atoms with Gasteiger partial charge in [-0.2, -0.15) is 0 Å². The molecule has 1 N–H and O–H groups in total. The molecule has 1 aliphatic rings. The number of benzene rings is 2. The second-order valence-electron chi connectivity index (χ2n) is 5.76. The average Bonchev–Trinajstić information content (AvgIpc) is 2.47. The Hall–Kier alpha value is -0.640. The summed E-state index contributed by atoms with van der Waals surface area (Å²) in [6.45, 7) is 2.24. The second kappa shape index (κ2) is 6.64. The fourth-order valence-corrected chi connectivity index (χ4v) is 4.53. The van der Waals surface area contributed by atoms with E-state index in [1.807, 2.05) is 0 Å². The first-order chi connectivity index (χ1) is 10.1.